The molecule has 1 aromatic heterocycles. The summed E-state index contributed by atoms with van der Waals surface area (Å²) in [5, 5.41) is 6.10. The summed E-state index contributed by atoms with van der Waals surface area (Å²) in [7, 11) is 0. The van der Waals surface area contributed by atoms with Crippen molar-refractivity contribution in [3.05, 3.63) is 76.6 Å². The van der Waals surface area contributed by atoms with E-state index in [1.165, 1.54) is 5.56 Å². The summed E-state index contributed by atoms with van der Waals surface area (Å²) in [6.45, 7) is 7.92. The quantitative estimate of drug-likeness (QED) is 0.718. The first-order chi connectivity index (χ1) is 12.4. The monoisotopic (exact) mass is 346 g/mol. The van der Waals surface area contributed by atoms with Crippen molar-refractivity contribution in [2.24, 2.45) is 0 Å². The van der Waals surface area contributed by atoms with E-state index in [4.69, 9.17) is 0 Å². The van der Waals surface area contributed by atoms with E-state index in [1.807, 2.05) is 64.1 Å². The van der Waals surface area contributed by atoms with Crippen molar-refractivity contribution in [3.8, 4) is 0 Å². The molecular weight excluding hydrogens is 324 g/mol. The lowest BCUT2D eigenvalue weighted by Crippen LogP contribution is -2.12. The van der Waals surface area contributed by atoms with Crippen molar-refractivity contribution < 1.29 is 4.79 Å². The molecule has 26 heavy (non-hydrogen) atoms. The van der Waals surface area contributed by atoms with Gasteiger partial charge in [0.15, 0.2) is 0 Å². The molecule has 0 aliphatic rings. The molecule has 0 saturated heterocycles. The highest BCUT2D eigenvalue weighted by Gasteiger charge is 2.08. The number of benzene rings is 2. The van der Waals surface area contributed by atoms with E-state index in [0.717, 1.165) is 28.3 Å². The van der Waals surface area contributed by atoms with Gasteiger partial charge in [-0.05, 0) is 75.2 Å². The molecule has 3 aromatic rings. The Morgan fingerprint density at radius 1 is 0.808 bits per heavy atom. The van der Waals surface area contributed by atoms with E-state index in [9.17, 15) is 4.79 Å². The van der Waals surface area contributed by atoms with Crippen LogP contribution in [0.1, 0.15) is 32.9 Å². The number of hydrogen-bond donors (Lipinski definition) is 2. The van der Waals surface area contributed by atoms with Crippen molar-refractivity contribution in [1.82, 2.24) is 9.97 Å². The predicted molar refractivity (Wildman–Crippen MR) is 105 cm³/mol. The van der Waals surface area contributed by atoms with Crippen LogP contribution >= 0.6 is 0 Å². The fraction of sp³-hybridized carbons (Fsp3) is 0.190. The molecular formula is C21H22N4O. The van der Waals surface area contributed by atoms with E-state index in [2.05, 4.69) is 20.6 Å². The normalized spacial score (nSPS) is 10.5. The van der Waals surface area contributed by atoms with Crippen molar-refractivity contribution in [2.75, 3.05) is 10.6 Å². The van der Waals surface area contributed by atoms with Crippen LogP contribution in [-0.4, -0.2) is 15.9 Å². The number of aromatic nitrogens is 2. The Balaban J connectivity index is 1.77. The summed E-state index contributed by atoms with van der Waals surface area (Å²) >= 11 is 0. The fourth-order valence-electron chi connectivity index (χ4n) is 2.67. The number of anilines is 3. The van der Waals surface area contributed by atoms with Crippen LogP contribution in [-0.2, 0) is 0 Å². The van der Waals surface area contributed by atoms with Crippen LogP contribution in [0.5, 0.6) is 0 Å². The summed E-state index contributed by atoms with van der Waals surface area (Å²) in [6.07, 6.45) is 0. The van der Waals surface area contributed by atoms with Crippen LogP contribution in [0.15, 0.2) is 48.5 Å². The second kappa shape index (κ2) is 7.35. The molecule has 0 aliphatic heterocycles. The second-order valence-corrected chi connectivity index (χ2v) is 6.43. The number of carbonyl (C=O) groups excluding carboxylic acids is 1. The molecule has 1 amide bonds. The number of nitrogens with zero attached hydrogens (tertiary/aromatic N) is 2. The van der Waals surface area contributed by atoms with Gasteiger partial charge in [0.2, 0.25) is 5.95 Å². The first kappa shape index (κ1) is 17.6. The van der Waals surface area contributed by atoms with Crippen LogP contribution in [0.4, 0.5) is 17.3 Å². The standard InChI is InChI=1S/C21H22N4O/c1-13-8-9-19(10-14(13)2)24-20(26)17-6-5-7-18(12-17)25-21-22-15(3)11-16(4)23-21/h5-12H,1-4H3,(H,24,26)(H,22,23,25). The lowest BCUT2D eigenvalue weighted by molar-refractivity contribution is 0.102. The number of amides is 1. The molecule has 5 nitrogen and oxygen atoms in total. The van der Waals surface area contributed by atoms with Crippen molar-refractivity contribution in [2.45, 2.75) is 27.7 Å². The average molecular weight is 346 g/mol. The molecule has 2 N–H and O–H groups in total. The molecule has 5 heteroatoms. The minimum absolute atomic E-state index is 0.154. The van der Waals surface area contributed by atoms with Gasteiger partial charge in [0.1, 0.15) is 0 Å². The van der Waals surface area contributed by atoms with E-state index >= 15 is 0 Å². The number of hydrogen-bond acceptors (Lipinski definition) is 4. The maximum atomic E-state index is 12.6. The van der Waals surface area contributed by atoms with Gasteiger partial charge < -0.3 is 10.6 Å². The Kier molecular flexibility index (Phi) is 4.98. The minimum atomic E-state index is -0.154. The van der Waals surface area contributed by atoms with Gasteiger partial charge in [0.05, 0.1) is 0 Å². The third-order valence-electron chi connectivity index (χ3n) is 4.13. The Hall–Kier alpha value is -3.21. The minimum Gasteiger partial charge on any atom is -0.324 e. The van der Waals surface area contributed by atoms with Crippen LogP contribution in [0, 0.1) is 27.7 Å². The van der Waals surface area contributed by atoms with Crippen molar-refractivity contribution >= 4 is 23.2 Å². The zero-order valence-corrected chi connectivity index (χ0v) is 15.4. The van der Waals surface area contributed by atoms with Gasteiger partial charge >= 0.3 is 0 Å². The van der Waals surface area contributed by atoms with Crippen molar-refractivity contribution in [1.29, 1.82) is 0 Å². The molecule has 2 aromatic carbocycles. The highest BCUT2D eigenvalue weighted by Crippen LogP contribution is 2.18. The van der Waals surface area contributed by atoms with E-state index in [-0.39, 0.29) is 5.91 Å². The summed E-state index contributed by atoms with van der Waals surface area (Å²) < 4.78 is 0. The van der Waals surface area contributed by atoms with E-state index in [0.29, 0.717) is 11.5 Å². The molecule has 0 fully saturated rings. The Labute approximate surface area is 153 Å². The first-order valence-corrected chi connectivity index (χ1v) is 8.49. The molecule has 0 unspecified atom stereocenters. The topological polar surface area (TPSA) is 66.9 Å². The molecule has 1 heterocycles. The Morgan fingerprint density at radius 2 is 1.54 bits per heavy atom. The molecule has 132 valence electrons. The molecule has 0 bridgehead atoms. The van der Waals surface area contributed by atoms with E-state index in [1.54, 1.807) is 12.1 Å². The number of aryl methyl sites for hydroxylation is 4. The maximum absolute atomic E-state index is 12.6. The lowest BCUT2D eigenvalue weighted by Gasteiger charge is -2.10. The first-order valence-electron chi connectivity index (χ1n) is 8.49. The number of carbonyl (C=O) groups is 1. The maximum Gasteiger partial charge on any atom is 0.255 e. The lowest BCUT2D eigenvalue weighted by atomic mass is 10.1. The van der Waals surface area contributed by atoms with Crippen LogP contribution in [0.3, 0.4) is 0 Å². The van der Waals surface area contributed by atoms with Gasteiger partial charge in [-0.25, -0.2) is 9.97 Å². The van der Waals surface area contributed by atoms with E-state index < -0.39 is 0 Å². The zero-order chi connectivity index (χ0) is 18.7. The largest absolute Gasteiger partial charge is 0.324 e. The zero-order valence-electron chi connectivity index (χ0n) is 15.4. The van der Waals surface area contributed by atoms with Crippen molar-refractivity contribution in [3.63, 3.8) is 0 Å². The molecule has 0 atom stereocenters. The predicted octanol–water partition coefficient (Wildman–Crippen LogP) is 4.71. The summed E-state index contributed by atoms with van der Waals surface area (Å²) in [4.78, 5) is 21.3. The highest BCUT2D eigenvalue weighted by atomic mass is 16.1. The molecule has 3 rings (SSSR count). The van der Waals surface area contributed by atoms with Gasteiger partial charge in [-0.3, -0.25) is 4.79 Å². The third kappa shape index (κ3) is 4.25. The molecule has 0 saturated carbocycles. The van der Waals surface area contributed by atoms with Crippen LogP contribution < -0.4 is 10.6 Å². The molecule has 0 aliphatic carbocycles. The highest BCUT2D eigenvalue weighted by molar-refractivity contribution is 6.04. The van der Waals surface area contributed by atoms with Gasteiger partial charge in [0, 0.05) is 28.3 Å². The van der Waals surface area contributed by atoms with Gasteiger partial charge in [-0.15, -0.1) is 0 Å². The average Bonchev–Trinajstić information content (AvgIpc) is 2.57. The molecule has 0 spiro atoms. The second-order valence-electron chi connectivity index (χ2n) is 6.43. The van der Waals surface area contributed by atoms with Gasteiger partial charge in [-0.2, -0.15) is 0 Å². The number of nitrogens with one attached hydrogen (secondary N) is 2. The summed E-state index contributed by atoms with van der Waals surface area (Å²) in [5.74, 6) is 0.368. The Bertz CT molecular complexity index is 946. The third-order valence-corrected chi connectivity index (χ3v) is 4.13. The van der Waals surface area contributed by atoms with Crippen LogP contribution in [0.25, 0.3) is 0 Å². The fourth-order valence-corrected chi connectivity index (χ4v) is 2.67. The van der Waals surface area contributed by atoms with Gasteiger partial charge in [-0.1, -0.05) is 12.1 Å². The molecule has 0 radical (unpaired) electrons. The number of rotatable bonds is 4. The smallest absolute Gasteiger partial charge is 0.255 e. The Morgan fingerprint density at radius 3 is 2.23 bits per heavy atom. The SMILES string of the molecule is Cc1cc(C)nc(Nc2cccc(C(=O)Nc3ccc(C)c(C)c3)c2)n1. The summed E-state index contributed by atoms with van der Waals surface area (Å²) in [5.41, 5.74) is 6.24. The summed E-state index contributed by atoms with van der Waals surface area (Å²) in [6, 6.07) is 15.1. The van der Waals surface area contributed by atoms with Gasteiger partial charge in [0.25, 0.3) is 5.91 Å². The van der Waals surface area contributed by atoms with Crippen LogP contribution in [0.2, 0.25) is 0 Å².